The maximum atomic E-state index is 13.2. The molecule has 2 aromatic rings. The monoisotopic (exact) mass is 604 g/mol. The first kappa shape index (κ1) is 35.9. The minimum absolute atomic E-state index is 0.185. The van der Waals surface area contributed by atoms with Crippen molar-refractivity contribution in [3.63, 3.8) is 0 Å². The number of amides is 4. The number of hydrogen-bond donors (Lipinski definition) is 4. The third-order valence-corrected chi connectivity index (χ3v) is 6.86. The summed E-state index contributed by atoms with van der Waals surface area (Å²) in [6.07, 6.45) is 11.0. The summed E-state index contributed by atoms with van der Waals surface area (Å²) < 4.78 is 0. The number of thioether (sulfide) groups is 2. The largest absolute Gasteiger partial charge is 0.350 e. The van der Waals surface area contributed by atoms with Gasteiger partial charge < -0.3 is 21.3 Å². The highest BCUT2D eigenvalue weighted by atomic mass is 32.2. The van der Waals surface area contributed by atoms with Gasteiger partial charge in [-0.2, -0.15) is 23.5 Å². The lowest BCUT2D eigenvalue weighted by atomic mass is 9.86. The molecule has 2 aromatic heterocycles. The zero-order valence-corrected chi connectivity index (χ0v) is 26.7. The summed E-state index contributed by atoms with van der Waals surface area (Å²) in [5, 5.41) is 11.3. The lowest BCUT2D eigenvalue weighted by Gasteiger charge is -2.37. The third kappa shape index (κ3) is 14.9. The van der Waals surface area contributed by atoms with E-state index in [0.29, 0.717) is 29.7 Å². The number of rotatable bonds is 14. The predicted octanol–water partition coefficient (Wildman–Crippen LogP) is 3.31. The molecule has 0 fully saturated rings. The summed E-state index contributed by atoms with van der Waals surface area (Å²) >= 11 is 3.44. The van der Waals surface area contributed by atoms with Gasteiger partial charge in [-0.05, 0) is 88.8 Å². The molecule has 1 unspecified atom stereocenters. The normalized spacial score (nSPS) is 11.8. The molecular formula is C29H44N6O4S2. The van der Waals surface area contributed by atoms with E-state index in [-0.39, 0.29) is 30.2 Å². The molecule has 10 nitrogen and oxygen atoms in total. The Hall–Kier alpha value is -3.12. The van der Waals surface area contributed by atoms with Gasteiger partial charge in [0.2, 0.25) is 11.8 Å². The average molecular weight is 605 g/mol. The van der Waals surface area contributed by atoms with Crippen molar-refractivity contribution in [1.29, 1.82) is 0 Å². The fraction of sp³-hybridized carbons (Fsp3) is 0.517. The second-order valence-electron chi connectivity index (χ2n) is 10.5. The van der Waals surface area contributed by atoms with Crippen LogP contribution in [-0.2, 0) is 9.59 Å². The van der Waals surface area contributed by atoms with E-state index in [1.807, 2.05) is 45.7 Å². The topological polar surface area (TPSA) is 142 Å². The Morgan fingerprint density at radius 2 is 1.29 bits per heavy atom. The number of nitrogens with zero attached hydrogens (tertiary/aromatic N) is 2. The molecule has 226 valence electrons. The summed E-state index contributed by atoms with van der Waals surface area (Å²) in [4.78, 5) is 58.3. The molecule has 4 N–H and O–H groups in total. The highest BCUT2D eigenvalue weighted by molar-refractivity contribution is 7.98. The van der Waals surface area contributed by atoms with E-state index in [2.05, 4.69) is 44.4 Å². The van der Waals surface area contributed by atoms with Crippen LogP contribution in [-0.4, -0.2) is 81.3 Å². The van der Waals surface area contributed by atoms with Gasteiger partial charge in [0.05, 0.1) is 6.54 Å². The second kappa shape index (κ2) is 18.3. The summed E-state index contributed by atoms with van der Waals surface area (Å²) in [6.45, 7) is 9.38. The van der Waals surface area contributed by atoms with E-state index in [1.54, 1.807) is 36.0 Å². The van der Waals surface area contributed by atoms with Crippen LogP contribution in [0.5, 0.6) is 0 Å². The highest BCUT2D eigenvalue weighted by Crippen LogP contribution is 2.20. The van der Waals surface area contributed by atoms with Gasteiger partial charge in [0.15, 0.2) is 0 Å². The number of aromatic nitrogens is 2. The van der Waals surface area contributed by atoms with E-state index in [0.717, 1.165) is 0 Å². The molecule has 2 heterocycles. The summed E-state index contributed by atoms with van der Waals surface area (Å²) in [5.74, 6) is 0.572. The number of hydrogen-bond acceptors (Lipinski definition) is 8. The lowest BCUT2D eigenvalue weighted by molar-refractivity contribution is -0.124. The molecule has 0 aromatic carbocycles. The Morgan fingerprint density at radius 1 is 0.805 bits per heavy atom. The van der Waals surface area contributed by atoms with Crippen molar-refractivity contribution in [3.8, 4) is 0 Å². The van der Waals surface area contributed by atoms with E-state index in [4.69, 9.17) is 0 Å². The SMILES string of the molecule is CCSC.CSCCC(NC(=O)c1ccncc1)C(=O)NC(C)(C)CC(C)(C)NC(=O)CNC(=O)c1ccncc1. The molecule has 2 rings (SSSR count). The fourth-order valence-corrected chi connectivity index (χ4v) is 4.52. The molecule has 4 amide bonds. The third-order valence-electron chi connectivity index (χ3n) is 5.64. The fourth-order valence-electron chi connectivity index (χ4n) is 4.05. The molecule has 0 aliphatic carbocycles. The minimum atomic E-state index is -0.714. The number of carbonyl (C=O) groups is 4. The van der Waals surface area contributed by atoms with Crippen LogP contribution >= 0.6 is 23.5 Å². The van der Waals surface area contributed by atoms with E-state index in [9.17, 15) is 19.2 Å². The van der Waals surface area contributed by atoms with Gasteiger partial charge >= 0.3 is 0 Å². The van der Waals surface area contributed by atoms with Gasteiger partial charge in [0, 0.05) is 47.0 Å². The van der Waals surface area contributed by atoms with Crippen LogP contribution in [0, 0.1) is 0 Å². The van der Waals surface area contributed by atoms with Crippen molar-refractivity contribution in [3.05, 3.63) is 60.2 Å². The smallest absolute Gasteiger partial charge is 0.252 e. The van der Waals surface area contributed by atoms with Crippen molar-refractivity contribution in [1.82, 2.24) is 31.2 Å². The Morgan fingerprint density at radius 3 is 1.78 bits per heavy atom. The van der Waals surface area contributed by atoms with Gasteiger partial charge in [0.25, 0.3) is 11.8 Å². The van der Waals surface area contributed by atoms with Crippen molar-refractivity contribution < 1.29 is 19.2 Å². The minimum Gasteiger partial charge on any atom is -0.350 e. The van der Waals surface area contributed by atoms with Crippen LogP contribution in [0.3, 0.4) is 0 Å². The molecule has 0 saturated carbocycles. The highest BCUT2D eigenvalue weighted by Gasteiger charge is 2.33. The van der Waals surface area contributed by atoms with Gasteiger partial charge in [-0.1, -0.05) is 6.92 Å². The number of carbonyl (C=O) groups excluding carboxylic acids is 4. The van der Waals surface area contributed by atoms with E-state index < -0.39 is 17.1 Å². The first-order valence-electron chi connectivity index (χ1n) is 13.3. The Kier molecular flexibility index (Phi) is 16.1. The predicted molar refractivity (Wildman–Crippen MR) is 168 cm³/mol. The number of pyridine rings is 2. The van der Waals surface area contributed by atoms with Gasteiger partial charge in [-0.25, -0.2) is 0 Å². The first-order chi connectivity index (χ1) is 19.3. The van der Waals surface area contributed by atoms with Crippen LogP contribution in [0.15, 0.2) is 49.1 Å². The van der Waals surface area contributed by atoms with Crippen LogP contribution in [0.2, 0.25) is 0 Å². The second-order valence-corrected chi connectivity index (χ2v) is 12.7. The summed E-state index contributed by atoms with van der Waals surface area (Å²) in [7, 11) is 0. The van der Waals surface area contributed by atoms with E-state index in [1.165, 1.54) is 30.5 Å². The Balaban J connectivity index is 0.00000196. The molecule has 41 heavy (non-hydrogen) atoms. The van der Waals surface area contributed by atoms with Crippen molar-refractivity contribution >= 4 is 47.2 Å². The maximum absolute atomic E-state index is 13.2. The van der Waals surface area contributed by atoms with Gasteiger partial charge in [-0.15, -0.1) is 0 Å². The molecule has 12 heteroatoms. The zero-order chi connectivity index (χ0) is 30.9. The first-order valence-corrected chi connectivity index (χ1v) is 16.1. The Labute approximate surface area is 252 Å². The molecule has 0 aliphatic rings. The molecule has 0 aliphatic heterocycles. The molecule has 1 atom stereocenters. The zero-order valence-electron chi connectivity index (χ0n) is 25.1. The van der Waals surface area contributed by atoms with Crippen LogP contribution in [0.1, 0.15) is 68.2 Å². The number of nitrogens with one attached hydrogen (secondary N) is 4. The Bertz CT molecular complexity index is 1100. The summed E-state index contributed by atoms with van der Waals surface area (Å²) in [6, 6.07) is 5.59. The quantitative estimate of drug-likeness (QED) is 0.257. The molecule has 0 radical (unpaired) electrons. The van der Waals surface area contributed by atoms with Crippen LogP contribution in [0.25, 0.3) is 0 Å². The van der Waals surface area contributed by atoms with E-state index >= 15 is 0 Å². The molecule has 0 spiro atoms. The van der Waals surface area contributed by atoms with Crippen molar-refractivity contribution in [2.75, 3.05) is 30.6 Å². The molecule has 0 saturated heterocycles. The standard InChI is InChI=1S/C26H36N6O4S.C3H8S/c1-25(2,31-21(33)16-29-22(34)18-6-11-27-12-7-18)17-26(3,4)32-24(36)20(10-15-37-5)30-23(35)19-8-13-28-14-9-19;1-3-4-2/h6-9,11-14,20H,10,15-17H2,1-5H3,(H,29,34)(H,30,35)(H,31,33)(H,32,36);3H2,1-2H3. The molecular weight excluding hydrogens is 560 g/mol. The summed E-state index contributed by atoms with van der Waals surface area (Å²) in [5.41, 5.74) is -0.550. The lowest BCUT2D eigenvalue weighted by Crippen LogP contribution is -2.58. The van der Waals surface area contributed by atoms with Crippen molar-refractivity contribution in [2.45, 2.75) is 64.6 Å². The molecule has 0 bridgehead atoms. The van der Waals surface area contributed by atoms with Crippen LogP contribution < -0.4 is 21.3 Å². The van der Waals surface area contributed by atoms with Gasteiger partial charge in [0.1, 0.15) is 6.04 Å². The average Bonchev–Trinajstić information content (AvgIpc) is 2.93. The van der Waals surface area contributed by atoms with Crippen molar-refractivity contribution in [2.24, 2.45) is 0 Å². The van der Waals surface area contributed by atoms with Crippen LogP contribution in [0.4, 0.5) is 0 Å². The maximum Gasteiger partial charge on any atom is 0.252 e. The van der Waals surface area contributed by atoms with Gasteiger partial charge in [-0.3, -0.25) is 29.1 Å².